The van der Waals surface area contributed by atoms with Crippen LogP contribution in [-0.4, -0.2) is 22.9 Å². The van der Waals surface area contributed by atoms with Gasteiger partial charge in [-0.1, -0.05) is 17.7 Å². The van der Waals surface area contributed by atoms with Crippen LogP contribution in [0.1, 0.15) is 48.5 Å². The van der Waals surface area contributed by atoms with Crippen LogP contribution in [-0.2, 0) is 0 Å². The highest BCUT2D eigenvalue weighted by Crippen LogP contribution is 2.40. The Kier molecular flexibility index (Phi) is 2.89. The molecule has 2 nitrogen and oxygen atoms in total. The van der Waals surface area contributed by atoms with Gasteiger partial charge in [0.2, 0.25) is 0 Å². The highest BCUT2D eigenvalue weighted by Gasteiger charge is 2.41. The smallest absolute Gasteiger partial charge is 0.254 e. The average Bonchev–Trinajstić information content (AvgIpc) is 3.21. The lowest BCUT2D eigenvalue weighted by atomic mass is 10.1. The van der Waals surface area contributed by atoms with Crippen LogP contribution in [0.3, 0.4) is 0 Å². The monoisotopic (exact) mass is 243 g/mol. The molecule has 1 aromatic rings. The molecule has 1 amide bonds. The summed E-state index contributed by atoms with van der Waals surface area (Å²) in [5.41, 5.74) is 2.02. The van der Waals surface area contributed by atoms with Crippen molar-refractivity contribution >= 4 is 5.91 Å². The Morgan fingerprint density at radius 2 is 2.00 bits per heavy atom. The highest BCUT2D eigenvalue weighted by atomic mass is 16.2. The Morgan fingerprint density at radius 3 is 2.56 bits per heavy atom. The minimum atomic E-state index is 0.237. The molecule has 3 rings (SSSR count). The Bertz CT molecular complexity index is 460. The second-order valence-corrected chi connectivity index (χ2v) is 5.89. The fraction of sp³-hybridized carbons (Fsp3) is 0.562. The van der Waals surface area contributed by atoms with E-state index in [0.29, 0.717) is 12.1 Å². The number of carbonyl (C=O) groups excluding carboxylic acids is 1. The average molecular weight is 243 g/mol. The SMILES string of the molecule is Cc1cccc(C(=O)N(C2CC2)C(C)C2CC2)c1. The maximum atomic E-state index is 12.7. The lowest BCUT2D eigenvalue weighted by molar-refractivity contribution is 0.0654. The van der Waals surface area contributed by atoms with Gasteiger partial charge in [-0.15, -0.1) is 0 Å². The molecule has 0 spiro atoms. The molecule has 96 valence electrons. The minimum Gasteiger partial charge on any atom is -0.333 e. The maximum absolute atomic E-state index is 12.7. The van der Waals surface area contributed by atoms with Crippen LogP contribution >= 0.6 is 0 Å². The summed E-state index contributed by atoms with van der Waals surface area (Å²) >= 11 is 0. The predicted octanol–water partition coefficient (Wildman–Crippen LogP) is 3.40. The molecule has 0 aromatic heterocycles. The number of rotatable bonds is 4. The molecule has 0 aliphatic heterocycles. The third-order valence-electron chi connectivity index (χ3n) is 4.18. The molecule has 2 fully saturated rings. The molecule has 1 atom stereocenters. The molecule has 1 aromatic carbocycles. The normalized spacial score (nSPS) is 20.6. The Morgan fingerprint density at radius 1 is 1.28 bits per heavy atom. The zero-order chi connectivity index (χ0) is 12.7. The van der Waals surface area contributed by atoms with Crippen molar-refractivity contribution in [3.63, 3.8) is 0 Å². The van der Waals surface area contributed by atoms with Gasteiger partial charge < -0.3 is 4.90 Å². The Balaban J connectivity index is 1.83. The van der Waals surface area contributed by atoms with Gasteiger partial charge >= 0.3 is 0 Å². The van der Waals surface area contributed by atoms with Crippen molar-refractivity contribution in [2.45, 2.75) is 51.6 Å². The van der Waals surface area contributed by atoms with Gasteiger partial charge in [-0.25, -0.2) is 0 Å². The van der Waals surface area contributed by atoms with Crippen LogP contribution in [0.15, 0.2) is 24.3 Å². The van der Waals surface area contributed by atoms with Crippen molar-refractivity contribution in [1.82, 2.24) is 4.90 Å². The van der Waals surface area contributed by atoms with Gasteiger partial charge in [0.25, 0.3) is 5.91 Å². The fourth-order valence-electron chi connectivity index (χ4n) is 2.77. The summed E-state index contributed by atoms with van der Waals surface area (Å²) in [5.74, 6) is 0.986. The van der Waals surface area contributed by atoms with E-state index >= 15 is 0 Å². The van der Waals surface area contributed by atoms with Crippen LogP contribution in [0, 0.1) is 12.8 Å². The van der Waals surface area contributed by atoms with Crippen molar-refractivity contribution in [2.75, 3.05) is 0 Å². The molecule has 2 saturated carbocycles. The standard InChI is InChI=1S/C16H21NO/c1-11-4-3-5-14(10-11)16(18)17(15-8-9-15)12(2)13-6-7-13/h3-5,10,12-13,15H,6-9H2,1-2H3. The lowest BCUT2D eigenvalue weighted by Gasteiger charge is -2.29. The molecule has 2 aliphatic rings. The number of nitrogens with zero attached hydrogens (tertiary/aromatic N) is 1. The summed E-state index contributed by atoms with van der Waals surface area (Å²) in [4.78, 5) is 14.8. The van der Waals surface area contributed by atoms with E-state index in [1.165, 1.54) is 25.7 Å². The predicted molar refractivity (Wildman–Crippen MR) is 72.6 cm³/mol. The van der Waals surface area contributed by atoms with Crippen LogP contribution in [0.5, 0.6) is 0 Å². The molecule has 18 heavy (non-hydrogen) atoms. The quantitative estimate of drug-likeness (QED) is 0.793. The molecule has 2 heteroatoms. The molecular weight excluding hydrogens is 222 g/mol. The van der Waals surface area contributed by atoms with Crippen molar-refractivity contribution in [3.05, 3.63) is 35.4 Å². The van der Waals surface area contributed by atoms with E-state index in [4.69, 9.17) is 0 Å². The van der Waals surface area contributed by atoms with E-state index in [0.717, 1.165) is 17.0 Å². The first-order chi connectivity index (χ1) is 8.66. The first kappa shape index (κ1) is 11.8. The molecule has 0 radical (unpaired) electrons. The van der Waals surface area contributed by atoms with Gasteiger partial charge in [-0.3, -0.25) is 4.79 Å². The summed E-state index contributed by atoms with van der Waals surface area (Å²) in [6.45, 7) is 4.27. The zero-order valence-electron chi connectivity index (χ0n) is 11.2. The van der Waals surface area contributed by atoms with Crippen molar-refractivity contribution in [3.8, 4) is 0 Å². The van der Waals surface area contributed by atoms with Gasteiger partial charge in [0.05, 0.1) is 0 Å². The van der Waals surface area contributed by atoms with Crippen molar-refractivity contribution in [2.24, 2.45) is 5.92 Å². The molecular formula is C16H21NO. The molecule has 0 saturated heterocycles. The lowest BCUT2D eigenvalue weighted by Crippen LogP contribution is -2.41. The summed E-state index contributed by atoms with van der Waals surface area (Å²) in [6.07, 6.45) is 4.97. The maximum Gasteiger partial charge on any atom is 0.254 e. The molecule has 0 bridgehead atoms. The van der Waals surface area contributed by atoms with Gasteiger partial charge in [0.1, 0.15) is 0 Å². The number of hydrogen-bond donors (Lipinski definition) is 0. The third-order valence-corrected chi connectivity index (χ3v) is 4.18. The van der Waals surface area contributed by atoms with Crippen LogP contribution in [0.4, 0.5) is 0 Å². The van der Waals surface area contributed by atoms with Gasteiger partial charge in [-0.05, 0) is 57.6 Å². The van der Waals surface area contributed by atoms with Crippen LogP contribution < -0.4 is 0 Å². The van der Waals surface area contributed by atoms with E-state index in [2.05, 4.69) is 11.8 Å². The van der Waals surface area contributed by atoms with Crippen LogP contribution in [0.25, 0.3) is 0 Å². The Labute approximate surface area is 109 Å². The third kappa shape index (κ3) is 2.29. The Hall–Kier alpha value is -1.31. The first-order valence-electron chi connectivity index (χ1n) is 7.06. The largest absolute Gasteiger partial charge is 0.333 e. The minimum absolute atomic E-state index is 0.237. The van der Waals surface area contributed by atoms with Gasteiger partial charge in [0.15, 0.2) is 0 Å². The molecule has 0 heterocycles. The second kappa shape index (κ2) is 4.42. The zero-order valence-corrected chi connectivity index (χ0v) is 11.2. The number of carbonyl (C=O) groups is 1. The second-order valence-electron chi connectivity index (χ2n) is 5.89. The number of hydrogen-bond acceptors (Lipinski definition) is 1. The van der Waals surface area contributed by atoms with Gasteiger partial charge in [0, 0.05) is 17.6 Å². The summed E-state index contributed by atoms with van der Waals surface area (Å²) < 4.78 is 0. The van der Waals surface area contributed by atoms with E-state index in [9.17, 15) is 4.79 Å². The molecule has 1 unspecified atom stereocenters. The van der Waals surface area contributed by atoms with E-state index in [-0.39, 0.29) is 5.91 Å². The summed E-state index contributed by atoms with van der Waals surface area (Å²) in [5, 5.41) is 0. The summed E-state index contributed by atoms with van der Waals surface area (Å²) in [7, 11) is 0. The van der Waals surface area contributed by atoms with Crippen molar-refractivity contribution in [1.29, 1.82) is 0 Å². The van der Waals surface area contributed by atoms with Gasteiger partial charge in [-0.2, -0.15) is 0 Å². The highest BCUT2D eigenvalue weighted by molar-refractivity contribution is 5.95. The van der Waals surface area contributed by atoms with Crippen molar-refractivity contribution < 1.29 is 4.79 Å². The summed E-state index contributed by atoms with van der Waals surface area (Å²) in [6, 6.07) is 8.92. The molecule has 0 N–H and O–H groups in total. The first-order valence-corrected chi connectivity index (χ1v) is 7.06. The topological polar surface area (TPSA) is 20.3 Å². The van der Waals surface area contributed by atoms with Crippen LogP contribution in [0.2, 0.25) is 0 Å². The van der Waals surface area contributed by atoms with E-state index < -0.39 is 0 Å². The number of amides is 1. The van der Waals surface area contributed by atoms with E-state index in [1.807, 2.05) is 31.2 Å². The number of benzene rings is 1. The molecule has 2 aliphatic carbocycles. The van der Waals surface area contributed by atoms with E-state index in [1.54, 1.807) is 0 Å². The number of aryl methyl sites for hydroxylation is 1. The fourth-order valence-corrected chi connectivity index (χ4v) is 2.77.